The van der Waals surface area contributed by atoms with E-state index in [9.17, 15) is 0 Å². The summed E-state index contributed by atoms with van der Waals surface area (Å²) in [6.45, 7) is 0. The molecule has 0 aromatic rings. The van der Waals surface area contributed by atoms with Gasteiger partial charge in [0.2, 0.25) is 0 Å². The molecule has 0 aromatic carbocycles. The molecule has 0 atom stereocenters. The fourth-order valence-corrected chi connectivity index (χ4v) is 0.405. The fourth-order valence-electron chi connectivity index (χ4n) is 0.405. The second kappa shape index (κ2) is 5.56. The molecule has 3 nitrogen and oxygen atoms in total. The second-order valence-electron chi connectivity index (χ2n) is 1.40. The van der Waals surface area contributed by atoms with Crippen molar-refractivity contribution in [1.29, 1.82) is 10.8 Å². The van der Waals surface area contributed by atoms with Crippen molar-refractivity contribution in [3.05, 3.63) is 12.2 Å². The van der Waals surface area contributed by atoms with E-state index in [2.05, 4.69) is 4.99 Å². The first-order chi connectivity index (χ1) is 3.80. The first-order valence-corrected chi connectivity index (χ1v) is 2.19. The molecule has 0 saturated heterocycles. The number of hydrogen-bond donors (Lipinski definition) is 2. The van der Waals surface area contributed by atoms with E-state index in [4.69, 9.17) is 10.8 Å². The van der Waals surface area contributed by atoms with Crippen LogP contribution < -0.4 is 0 Å². The molecule has 0 saturated carbocycles. The summed E-state index contributed by atoms with van der Waals surface area (Å²) in [7, 11) is 0. The molecule has 1 aliphatic rings. The topological polar surface area (TPSA) is 60.1 Å². The molecular formula is C5H5Fe2N3. The van der Waals surface area contributed by atoms with E-state index in [1.807, 2.05) is 0 Å². The number of aliphatic imine (C=N–C) groups is 1. The quantitative estimate of drug-likeness (QED) is 0.561. The van der Waals surface area contributed by atoms with E-state index in [0.29, 0.717) is 0 Å². The standard InChI is InChI=1S/C5H5N3.2Fe/c6-4-2-1-3-8-5(4)7;;/h1-3,6-7H;;. The maximum atomic E-state index is 6.97. The van der Waals surface area contributed by atoms with Crippen LogP contribution in [0.3, 0.4) is 0 Å². The van der Waals surface area contributed by atoms with Gasteiger partial charge >= 0.3 is 0 Å². The summed E-state index contributed by atoms with van der Waals surface area (Å²) in [5.74, 6) is 0.0347. The molecule has 10 heavy (non-hydrogen) atoms. The molecule has 0 bridgehead atoms. The van der Waals surface area contributed by atoms with E-state index in [0.717, 1.165) is 0 Å². The van der Waals surface area contributed by atoms with Crippen LogP contribution in [0.4, 0.5) is 0 Å². The molecule has 0 radical (unpaired) electrons. The molecule has 1 rings (SSSR count). The summed E-state index contributed by atoms with van der Waals surface area (Å²) in [6.07, 6.45) is 4.68. The number of nitrogens with zero attached hydrogens (tertiary/aromatic N) is 1. The van der Waals surface area contributed by atoms with Gasteiger partial charge < -0.3 is 0 Å². The number of hydrogen-bond acceptors (Lipinski definition) is 2. The number of rotatable bonds is 0. The first kappa shape index (κ1) is 12.5. The van der Waals surface area contributed by atoms with Crippen LogP contribution in [0.15, 0.2) is 17.1 Å². The molecule has 1 heterocycles. The van der Waals surface area contributed by atoms with Gasteiger partial charge in [0.25, 0.3) is 0 Å². The molecule has 0 unspecified atom stereocenters. The minimum absolute atomic E-state index is 0. The van der Waals surface area contributed by atoms with Gasteiger partial charge in [0.05, 0.1) is 5.71 Å². The number of amidine groups is 1. The first-order valence-electron chi connectivity index (χ1n) is 2.19. The third kappa shape index (κ3) is 3.08. The van der Waals surface area contributed by atoms with Gasteiger partial charge in [0.1, 0.15) is 0 Å². The van der Waals surface area contributed by atoms with Crippen LogP contribution >= 0.6 is 0 Å². The fraction of sp³-hybridized carbons (Fsp3) is 0. The minimum atomic E-state index is 0. The van der Waals surface area contributed by atoms with Crippen molar-refractivity contribution in [3.63, 3.8) is 0 Å². The zero-order valence-corrected chi connectivity index (χ0v) is 7.09. The third-order valence-corrected chi connectivity index (χ3v) is 0.808. The molecule has 2 N–H and O–H groups in total. The molecule has 56 valence electrons. The van der Waals surface area contributed by atoms with Crippen molar-refractivity contribution in [2.45, 2.75) is 0 Å². The van der Waals surface area contributed by atoms with E-state index in [1.54, 1.807) is 6.08 Å². The van der Waals surface area contributed by atoms with Gasteiger partial charge in [-0.2, -0.15) is 0 Å². The maximum Gasteiger partial charge on any atom is 0.169 e. The predicted molar refractivity (Wildman–Crippen MR) is 33.1 cm³/mol. The van der Waals surface area contributed by atoms with Gasteiger partial charge in [-0.15, -0.1) is 0 Å². The Morgan fingerprint density at radius 3 is 2.10 bits per heavy atom. The maximum absolute atomic E-state index is 6.97. The van der Waals surface area contributed by atoms with E-state index < -0.39 is 0 Å². The Morgan fingerprint density at radius 1 is 1.20 bits per heavy atom. The largest absolute Gasteiger partial charge is 0.297 e. The van der Waals surface area contributed by atoms with Crippen LogP contribution in [-0.4, -0.2) is 17.8 Å². The second-order valence-corrected chi connectivity index (χ2v) is 1.40. The van der Waals surface area contributed by atoms with E-state index >= 15 is 0 Å². The Labute approximate surface area is 80.0 Å². The smallest absolute Gasteiger partial charge is 0.169 e. The van der Waals surface area contributed by atoms with Gasteiger partial charge in [-0.1, -0.05) is 0 Å². The summed E-state index contributed by atoms with van der Waals surface area (Å²) < 4.78 is 0. The minimum Gasteiger partial charge on any atom is -0.297 e. The molecule has 1 aliphatic heterocycles. The summed E-state index contributed by atoms with van der Waals surface area (Å²) in [5, 5.41) is 13.9. The van der Waals surface area contributed by atoms with Gasteiger partial charge in [-0.05, 0) is 12.2 Å². The Hall–Kier alpha value is -0.211. The van der Waals surface area contributed by atoms with Gasteiger partial charge in [-0.3, -0.25) is 10.8 Å². The Balaban J connectivity index is 0. The monoisotopic (exact) mass is 219 g/mol. The van der Waals surface area contributed by atoms with Crippen molar-refractivity contribution in [2.24, 2.45) is 4.99 Å². The third-order valence-electron chi connectivity index (χ3n) is 0.808. The van der Waals surface area contributed by atoms with Crippen molar-refractivity contribution in [1.82, 2.24) is 0 Å². The average Bonchev–Trinajstić information content (AvgIpc) is 1.77. The van der Waals surface area contributed by atoms with E-state index in [-0.39, 0.29) is 45.7 Å². The molecule has 0 aliphatic carbocycles. The molecule has 0 fully saturated rings. The van der Waals surface area contributed by atoms with Crippen molar-refractivity contribution < 1.29 is 34.1 Å². The van der Waals surface area contributed by atoms with Gasteiger partial charge in [0, 0.05) is 40.4 Å². The molecular weight excluding hydrogens is 214 g/mol. The van der Waals surface area contributed by atoms with Crippen molar-refractivity contribution in [2.75, 3.05) is 0 Å². The van der Waals surface area contributed by atoms with Gasteiger partial charge in [-0.25, -0.2) is 4.99 Å². The number of dihydropyridines is 1. The van der Waals surface area contributed by atoms with Crippen LogP contribution in [-0.2, 0) is 34.1 Å². The van der Waals surface area contributed by atoms with Gasteiger partial charge in [0.15, 0.2) is 5.84 Å². The van der Waals surface area contributed by atoms with E-state index in [1.165, 1.54) is 12.3 Å². The predicted octanol–water partition coefficient (Wildman–Crippen LogP) is 0.619. The molecule has 0 aromatic heterocycles. The molecule has 0 spiro atoms. The normalized spacial score (nSPS) is 14.0. The summed E-state index contributed by atoms with van der Waals surface area (Å²) in [6, 6.07) is 0. The van der Waals surface area contributed by atoms with Crippen molar-refractivity contribution >= 4 is 17.8 Å². The number of nitrogens with one attached hydrogen (secondary N) is 2. The summed E-state index contributed by atoms with van der Waals surface area (Å²) in [5.41, 5.74) is 0.174. The van der Waals surface area contributed by atoms with Crippen LogP contribution in [0.2, 0.25) is 0 Å². The Kier molecular flexibility index (Phi) is 6.94. The molecule has 5 heteroatoms. The zero-order valence-electron chi connectivity index (χ0n) is 4.89. The Morgan fingerprint density at radius 2 is 1.80 bits per heavy atom. The van der Waals surface area contributed by atoms with Crippen LogP contribution in [0, 0.1) is 10.8 Å². The number of allylic oxidation sites excluding steroid dienone is 1. The summed E-state index contributed by atoms with van der Waals surface area (Å²) in [4.78, 5) is 3.56. The van der Waals surface area contributed by atoms with Crippen LogP contribution in [0.25, 0.3) is 0 Å². The molecule has 0 amide bonds. The zero-order chi connectivity index (χ0) is 5.98. The van der Waals surface area contributed by atoms with Crippen LogP contribution in [0.5, 0.6) is 0 Å². The average molecular weight is 219 g/mol. The Bertz CT molecular complexity index is 173. The summed E-state index contributed by atoms with van der Waals surface area (Å²) >= 11 is 0. The van der Waals surface area contributed by atoms with Crippen molar-refractivity contribution in [3.8, 4) is 0 Å². The SMILES string of the molecule is N=C1C=CC=NC1=N.[Fe].[Fe]. The van der Waals surface area contributed by atoms with Crippen LogP contribution in [0.1, 0.15) is 0 Å².